The number of nitrogen functional groups attached to an aromatic ring is 1. The third-order valence-corrected chi connectivity index (χ3v) is 4.29. The highest BCUT2D eigenvalue weighted by Gasteiger charge is 2.21. The van der Waals surface area contributed by atoms with Gasteiger partial charge in [0.1, 0.15) is 17.1 Å². The molecule has 2 rings (SSSR count). The van der Waals surface area contributed by atoms with Crippen molar-refractivity contribution < 1.29 is 14.3 Å². The first-order valence-corrected chi connectivity index (χ1v) is 8.15. The van der Waals surface area contributed by atoms with Crippen LogP contribution in [-0.2, 0) is 4.74 Å². The van der Waals surface area contributed by atoms with E-state index >= 15 is 0 Å². The number of aryl methyl sites for hydroxylation is 1. The molecule has 128 valence electrons. The number of carbonyl (C=O) groups is 1. The number of hydrogen-bond acceptors (Lipinski definition) is 5. The highest BCUT2D eigenvalue weighted by Crippen LogP contribution is 2.30. The van der Waals surface area contributed by atoms with Crippen molar-refractivity contribution in [2.75, 3.05) is 19.5 Å². The number of carbonyl (C=O) groups excluding carboxylic acids is 1. The summed E-state index contributed by atoms with van der Waals surface area (Å²) in [5, 5.41) is 0. The van der Waals surface area contributed by atoms with E-state index in [9.17, 15) is 9.59 Å². The molecule has 0 aliphatic carbocycles. The normalized spacial score (nSPS) is 10.5. The Morgan fingerprint density at radius 2 is 2.00 bits per heavy atom. The van der Waals surface area contributed by atoms with Gasteiger partial charge in [0.25, 0.3) is 5.56 Å². The molecule has 0 spiro atoms. The lowest BCUT2D eigenvalue weighted by molar-refractivity contribution is 0.0527. The minimum atomic E-state index is -0.581. The number of hydrogen-bond donors (Lipinski definition) is 1. The van der Waals surface area contributed by atoms with Gasteiger partial charge in [0.15, 0.2) is 0 Å². The Hall–Kier alpha value is -2.28. The number of anilines is 1. The quantitative estimate of drug-likeness (QED) is 0.805. The van der Waals surface area contributed by atoms with Crippen LogP contribution in [0.3, 0.4) is 0 Å². The van der Waals surface area contributed by atoms with Crippen LogP contribution in [0, 0.1) is 13.8 Å². The summed E-state index contributed by atoms with van der Waals surface area (Å²) in [6, 6.07) is 5.04. The number of methoxy groups -OCH3 is 1. The third-order valence-electron chi connectivity index (χ3n) is 3.72. The van der Waals surface area contributed by atoms with Gasteiger partial charge in [0.2, 0.25) is 0 Å². The predicted molar refractivity (Wildman–Crippen MR) is 96.1 cm³/mol. The monoisotopic (exact) mass is 394 g/mol. The van der Waals surface area contributed by atoms with Gasteiger partial charge in [-0.05, 0) is 54.4 Å². The van der Waals surface area contributed by atoms with Crippen LogP contribution in [0.25, 0.3) is 5.69 Å². The van der Waals surface area contributed by atoms with Crippen molar-refractivity contribution in [1.82, 2.24) is 4.57 Å². The van der Waals surface area contributed by atoms with Crippen molar-refractivity contribution in [3.05, 3.63) is 49.7 Å². The Bertz CT molecular complexity index is 859. The van der Waals surface area contributed by atoms with Crippen molar-refractivity contribution in [2.45, 2.75) is 20.8 Å². The number of benzene rings is 1. The fourth-order valence-corrected chi connectivity index (χ4v) is 2.98. The Kier molecular flexibility index (Phi) is 5.33. The molecule has 1 aromatic carbocycles. The van der Waals surface area contributed by atoms with Gasteiger partial charge in [-0.1, -0.05) is 6.07 Å². The minimum absolute atomic E-state index is 0.0288. The van der Waals surface area contributed by atoms with Crippen LogP contribution < -0.4 is 16.0 Å². The Morgan fingerprint density at radius 1 is 1.33 bits per heavy atom. The minimum Gasteiger partial charge on any atom is -0.496 e. The average molecular weight is 395 g/mol. The molecule has 0 saturated carbocycles. The Labute approximate surface area is 148 Å². The van der Waals surface area contributed by atoms with Crippen LogP contribution in [0.5, 0.6) is 5.75 Å². The van der Waals surface area contributed by atoms with Crippen LogP contribution in [0.4, 0.5) is 5.82 Å². The van der Waals surface area contributed by atoms with Crippen molar-refractivity contribution in [3.63, 3.8) is 0 Å². The largest absolute Gasteiger partial charge is 0.496 e. The lowest BCUT2D eigenvalue weighted by atomic mass is 10.1. The highest BCUT2D eigenvalue weighted by molar-refractivity contribution is 9.10. The number of nitrogens with two attached hydrogens (primary N) is 1. The first-order chi connectivity index (χ1) is 11.3. The molecule has 6 nitrogen and oxygen atoms in total. The summed E-state index contributed by atoms with van der Waals surface area (Å²) in [5.74, 6) is 0.0725. The first-order valence-electron chi connectivity index (χ1n) is 7.36. The lowest BCUT2D eigenvalue weighted by Crippen LogP contribution is -2.26. The van der Waals surface area contributed by atoms with Gasteiger partial charge in [-0.2, -0.15) is 0 Å². The lowest BCUT2D eigenvalue weighted by Gasteiger charge is -2.19. The number of halogens is 1. The van der Waals surface area contributed by atoms with Crippen molar-refractivity contribution in [3.8, 4) is 11.4 Å². The van der Waals surface area contributed by atoms with E-state index in [1.54, 1.807) is 14.0 Å². The number of pyridine rings is 1. The SMILES string of the molecule is CCOC(=O)c1cc(Br)c(=O)n(-c2c(C)ccc(OC)c2C)c1N. The molecule has 1 heterocycles. The summed E-state index contributed by atoms with van der Waals surface area (Å²) in [7, 11) is 1.55. The van der Waals surface area contributed by atoms with Crippen LogP contribution in [-0.4, -0.2) is 24.3 Å². The Morgan fingerprint density at radius 3 is 2.58 bits per heavy atom. The summed E-state index contributed by atoms with van der Waals surface area (Å²) in [6.45, 7) is 5.61. The van der Waals surface area contributed by atoms with Crippen molar-refractivity contribution in [1.29, 1.82) is 0 Å². The molecule has 0 aliphatic rings. The number of esters is 1. The fraction of sp³-hybridized carbons (Fsp3) is 0.294. The molecule has 0 bridgehead atoms. The zero-order valence-corrected chi connectivity index (χ0v) is 15.6. The van der Waals surface area contributed by atoms with Crippen LogP contribution in [0.15, 0.2) is 27.5 Å². The van der Waals surface area contributed by atoms with Crippen LogP contribution in [0.1, 0.15) is 28.4 Å². The average Bonchev–Trinajstić information content (AvgIpc) is 2.54. The molecule has 2 aromatic rings. The van der Waals surface area contributed by atoms with E-state index in [-0.39, 0.29) is 28.0 Å². The molecule has 0 saturated heterocycles. The molecular formula is C17H19BrN2O4. The molecule has 0 fully saturated rings. The van der Waals surface area contributed by atoms with E-state index in [4.69, 9.17) is 15.2 Å². The first kappa shape index (κ1) is 18.1. The second-order valence-electron chi connectivity index (χ2n) is 5.21. The summed E-state index contributed by atoms with van der Waals surface area (Å²) in [4.78, 5) is 24.8. The molecule has 7 heteroatoms. The smallest absolute Gasteiger partial charge is 0.341 e. The molecule has 24 heavy (non-hydrogen) atoms. The van der Waals surface area contributed by atoms with Gasteiger partial charge in [0.05, 0.1) is 23.9 Å². The van der Waals surface area contributed by atoms with E-state index in [0.717, 1.165) is 11.1 Å². The molecule has 1 aromatic heterocycles. The maximum atomic E-state index is 12.7. The Balaban J connectivity index is 2.86. The summed E-state index contributed by atoms with van der Waals surface area (Å²) >= 11 is 3.20. The van der Waals surface area contributed by atoms with Crippen LogP contribution in [0.2, 0.25) is 0 Å². The number of rotatable bonds is 4. The van der Waals surface area contributed by atoms with E-state index in [1.807, 2.05) is 26.0 Å². The highest BCUT2D eigenvalue weighted by atomic mass is 79.9. The third kappa shape index (κ3) is 3.03. The van der Waals surface area contributed by atoms with E-state index in [0.29, 0.717) is 11.4 Å². The zero-order valence-electron chi connectivity index (χ0n) is 14.0. The summed E-state index contributed by atoms with van der Waals surface area (Å²) < 4.78 is 11.9. The van der Waals surface area contributed by atoms with Gasteiger partial charge in [-0.25, -0.2) is 4.79 Å². The molecule has 2 N–H and O–H groups in total. The van der Waals surface area contributed by atoms with E-state index in [1.165, 1.54) is 10.6 Å². The zero-order chi connectivity index (χ0) is 18.0. The second-order valence-corrected chi connectivity index (χ2v) is 6.06. The van der Waals surface area contributed by atoms with Gasteiger partial charge in [0, 0.05) is 5.56 Å². The van der Waals surface area contributed by atoms with Gasteiger partial charge >= 0.3 is 5.97 Å². The summed E-state index contributed by atoms with van der Waals surface area (Å²) in [5.41, 5.74) is 8.08. The number of aromatic nitrogens is 1. The maximum absolute atomic E-state index is 12.7. The topological polar surface area (TPSA) is 83.5 Å². The molecule has 0 unspecified atom stereocenters. The molecule has 0 aliphatic heterocycles. The fourth-order valence-electron chi connectivity index (χ4n) is 2.58. The number of ether oxygens (including phenoxy) is 2. The van der Waals surface area contributed by atoms with Crippen molar-refractivity contribution in [2.24, 2.45) is 0 Å². The maximum Gasteiger partial charge on any atom is 0.341 e. The predicted octanol–water partition coefficient (Wildman–Crippen LogP) is 2.98. The standard InChI is InChI=1S/C17H19BrN2O4/c1-5-24-17(22)11-8-12(18)16(21)20(15(11)19)14-9(2)6-7-13(23-4)10(14)3/h6-8H,5,19H2,1-4H3. The van der Waals surface area contributed by atoms with Crippen molar-refractivity contribution >= 4 is 27.7 Å². The molecule has 0 atom stereocenters. The van der Waals surface area contributed by atoms with Crippen LogP contribution >= 0.6 is 15.9 Å². The number of nitrogens with zero attached hydrogens (tertiary/aromatic N) is 1. The van der Waals surface area contributed by atoms with E-state index in [2.05, 4.69) is 15.9 Å². The van der Waals surface area contributed by atoms with Gasteiger partial charge < -0.3 is 15.2 Å². The van der Waals surface area contributed by atoms with E-state index < -0.39 is 5.97 Å². The van der Waals surface area contributed by atoms with Gasteiger partial charge in [-0.3, -0.25) is 9.36 Å². The second kappa shape index (κ2) is 7.09. The molecule has 0 amide bonds. The molecular weight excluding hydrogens is 376 g/mol. The van der Waals surface area contributed by atoms with Gasteiger partial charge in [-0.15, -0.1) is 0 Å². The molecule has 0 radical (unpaired) electrons. The summed E-state index contributed by atoms with van der Waals surface area (Å²) in [6.07, 6.45) is 0.